The van der Waals surface area contributed by atoms with Gasteiger partial charge in [0.25, 0.3) is 0 Å². The Labute approximate surface area is 71.1 Å². The van der Waals surface area contributed by atoms with Gasteiger partial charge in [-0.2, -0.15) is 0 Å². The van der Waals surface area contributed by atoms with Gasteiger partial charge in [-0.05, 0) is 18.0 Å². The Kier molecular flexibility index (Phi) is 4.86. The molecule has 11 heavy (non-hydrogen) atoms. The largest absolute Gasteiger partial charge is 0.345 e. The van der Waals surface area contributed by atoms with Gasteiger partial charge in [-0.1, -0.05) is 13.8 Å². The lowest BCUT2D eigenvalue weighted by atomic mass is 10.2. The van der Waals surface area contributed by atoms with Crippen molar-refractivity contribution in [1.29, 1.82) is 0 Å². The molecule has 0 aromatic carbocycles. The molecule has 1 unspecified atom stereocenters. The van der Waals surface area contributed by atoms with Crippen LogP contribution in [-0.2, 0) is 9.59 Å². The molecule has 4 heteroatoms. The summed E-state index contributed by atoms with van der Waals surface area (Å²) < 4.78 is 0. The first-order valence-electron chi connectivity index (χ1n) is 3.60. The summed E-state index contributed by atoms with van der Waals surface area (Å²) >= 11 is 5.19. The van der Waals surface area contributed by atoms with Crippen LogP contribution in [0.5, 0.6) is 0 Å². The SMILES string of the molecule is CCC(=O)NC(CC)C(=O)Cl. The maximum atomic E-state index is 10.8. The average molecular weight is 178 g/mol. The first-order valence-corrected chi connectivity index (χ1v) is 3.98. The summed E-state index contributed by atoms with van der Waals surface area (Å²) in [5, 5.41) is 1.99. The predicted molar refractivity (Wildman–Crippen MR) is 43.4 cm³/mol. The Morgan fingerprint density at radius 3 is 2.27 bits per heavy atom. The number of rotatable bonds is 4. The van der Waals surface area contributed by atoms with Gasteiger partial charge in [0.15, 0.2) is 0 Å². The molecule has 0 saturated carbocycles. The Morgan fingerprint density at radius 2 is 2.00 bits per heavy atom. The van der Waals surface area contributed by atoms with Crippen molar-refractivity contribution in [2.75, 3.05) is 0 Å². The van der Waals surface area contributed by atoms with Gasteiger partial charge in [0.1, 0.15) is 6.04 Å². The van der Waals surface area contributed by atoms with E-state index >= 15 is 0 Å². The second-order valence-corrected chi connectivity index (χ2v) is 2.56. The van der Waals surface area contributed by atoms with Gasteiger partial charge in [0, 0.05) is 6.42 Å². The molecular formula is C7H12ClNO2. The highest BCUT2D eigenvalue weighted by Gasteiger charge is 2.14. The Bertz CT molecular complexity index is 159. The highest BCUT2D eigenvalue weighted by atomic mass is 35.5. The molecule has 0 aliphatic heterocycles. The minimum atomic E-state index is -0.524. The maximum absolute atomic E-state index is 10.8. The average Bonchev–Trinajstić information content (AvgIpc) is 1.99. The number of carbonyl (C=O) groups excluding carboxylic acids is 2. The Hall–Kier alpha value is -0.570. The van der Waals surface area contributed by atoms with Crippen LogP contribution in [0.4, 0.5) is 0 Å². The Balaban J connectivity index is 3.88. The van der Waals surface area contributed by atoms with E-state index in [-0.39, 0.29) is 5.91 Å². The van der Waals surface area contributed by atoms with Crippen LogP contribution >= 0.6 is 11.6 Å². The van der Waals surface area contributed by atoms with Gasteiger partial charge in [-0.3, -0.25) is 9.59 Å². The van der Waals surface area contributed by atoms with E-state index in [4.69, 9.17) is 11.6 Å². The molecule has 1 atom stereocenters. The van der Waals surface area contributed by atoms with Crippen molar-refractivity contribution in [2.45, 2.75) is 32.7 Å². The standard InChI is InChI=1S/C7H12ClNO2/c1-3-5(7(8)11)9-6(10)4-2/h5H,3-4H2,1-2H3,(H,9,10). The molecular weight excluding hydrogens is 166 g/mol. The summed E-state index contributed by atoms with van der Waals surface area (Å²) in [6.07, 6.45) is 0.911. The number of amides is 1. The summed E-state index contributed by atoms with van der Waals surface area (Å²) in [5.41, 5.74) is 0. The summed E-state index contributed by atoms with van der Waals surface area (Å²) in [4.78, 5) is 21.3. The first-order chi connectivity index (χ1) is 5.11. The minimum absolute atomic E-state index is 0.147. The minimum Gasteiger partial charge on any atom is -0.345 e. The number of carbonyl (C=O) groups is 2. The molecule has 0 aliphatic carbocycles. The first kappa shape index (κ1) is 10.4. The van der Waals surface area contributed by atoms with Gasteiger partial charge in [-0.15, -0.1) is 0 Å². The number of hydrogen-bond donors (Lipinski definition) is 1. The van der Waals surface area contributed by atoms with Gasteiger partial charge in [0.2, 0.25) is 11.1 Å². The van der Waals surface area contributed by atoms with Crippen molar-refractivity contribution in [2.24, 2.45) is 0 Å². The summed E-state index contributed by atoms with van der Waals surface area (Å²) in [6.45, 7) is 3.52. The topological polar surface area (TPSA) is 46.2 Å². The Morgan fingerprint density at radius 1 is 1.45 bits per heavy atom. The van der Waals surface area contributed by atoms with Crippen LogP contribution in [0.2, 0.25) is 0 Å². The van der Waals surface area contributed by atoms with Crippen molar-refractivity contribution in [3.05, 3.63) is 0 Å². The van der Waals surface area contributed by atoms with Gasteiger partial charge in [0.05, 0.1) is 0 Å². The van der Waals surface area contributed by atoms with Crippen LogP contribution in [0.3, 0.4) is 0 Å². The van der Waals surface area contributed by atoms with E-state index in [1.807, 2.05) is 0 Å². The molecule has 0 saturated heterocycles. The van der Waals surface area contributed by atoms with E-state index in [0.29, 0.717) is 12.8 Å². The highest BCUT2D eigenvalue weighted by molar-refractivity contribution is 6.64. The molecule has 0 rings (SSSR count). The normalized spacial score (nSPS) is 12.3. The van der Waals surface area contributed by atoms with Crippen LogP contribution in [0.25, 0.3) is 0 Å². The maximum Gasteiger partial charge on any atom is 0.243 e. The van der Waals surface area contributed by atoms with Gasteiger partial charge in [-0.25, -0.2) is 0 Å². The lowest BCUT2D eigenvalue weighted by Crippen LogP contribution is -2.37. The molecule has 3 nitrogen and oxygen atoms in total. The zero-order valence-corrected chi connectivity index (χ0v) is 7.44. The fourth-order valence-electron chi connectivity index (χ4n) is 0.616. The zero-order valence-electron chi connectivity index (χ0n) is 6.69. The molecule has 0 radical (unpaired) electrons. The quantitative estimate of drug-likeness (QED) is 0.653. The van der Waals surface area contributed by atoms with Crippen LogP contribution in [0.15, 0.2) is 0 Å². The molecule has 1 N–H and O–H groups in total. The van der Waals surface area contributed by atoms with E-state index < -0.39 is 11.3 Å². The predicted octanol–water partition coefficient (Wildman–Crippen LogP) is 1.06. The van der Waals surface area contributed by atoms with E-state index in [0.717, 1.165) is 0 Å². The molecule has 0 spiro atoms. The van der Waals surface area contributed by atoms with Crippen LogP contribution < -0.4 is 5.32 Å². The lowest BCUT2D eigenvalue weighted by molar-refractivity contribution is -0.124. The summed E-state index contributed by atoms with van der Waals surface area (Å²) in [7, 11) is 0. The lowest BCUT2D eigenvalue weighted by Gasteiger charge is -2.10. The highest BCUT2D eigenvalue weighted by Crippen LogP contribution is 1.96. The number of halogens is 1. The second-order valence-electron chi connectivity index (χ2n) is 2.19. The van der Waals surface area contributed by atoms with Gasteiger partial charge >= 0.3 is 0 Å². The van der Waals surface area contributed by atoms with E-state index in [2.05, 4.69) is 5.32 Å². The van der Waals surface area contributed by atoms with Crippen LogP contribution in [-0.4, -0.2) is 17.2 Å². The molecule has 0 aliphatic rings. The third kappa shape index (κ3) is 3.98. The third-order valence-electron chi connectivity index (χ3n) is 1.34. The van der Waals surface area contributed by atoms with E-state index in [1.165, 1.54) is 0 Å². The van der Waals surface area contributed by atoms with Crippen molar-refractivity contribution in [3.8, 4) is 0 Å². The number of hydrogen-bond acceptors (Lipinski definition) is 2. The smallest absolute Gasteiger partial charge is 0.243 e. The van der Waals surface area contributed by atoms with E-state index in [9.17, 15) is 9.59 Å². The van der Waals surface area contributed by atoms with E-state index in [1.54, 1.807) is 13.8 Å². The number of nitrogens with one attached hydrogen (secondary N) is 1. The summed E-state index contributed by atoms with van der Waals surface area (Å²) in [6, 6.07) is -0.524. The molecule has 0 aromatic heterocycles. The fraction of sp³-hybridized carbons (Fsp3) is 0.714. The van der Waals surface area contributed by atoms with Crippen molar-refractivity contribution in [1.82, 2.24) is 5.32 Å². The van der Waals surface area contributed by atoms with Crippen molar-refractivity contribution >= 4 is 22.8 Å². The molecule has 0 bridgehead atoms. The van der Waals surface area contributed by atoms with Crippen molar-refractivity contribution < 1.29 is 9.59 Å². The van der Waals surface area contributed by atoms with Crippen LogP contribution in [0, 0.1) is 0 Å². The van der Waals surface area contributed by atoms with Crippen LogP contribution in [0.1, 0.15) is 26.7 Å². The molecule has 0 heterocycles. The zero-order chi connectivity index (χ0) is 8.85. The molecule has 0 aromatic rings. The molecule has 1 amide bonds. The molecule has 64 valence electrons. The summed E-state index contributed by atoms with van der Waals surface area (Å²) in [5.74, 6) is -0.147. The van der Waals surface area contributed by atoms with Crippen molar-refractivity contribution in [3.63, 3.8) is 0 Å². The molecule has 0 fully saturated rings. The fourth-order valence-corrected chi connectivity index (χ4v) is 0.825. The monoisotopic (exact) mass is 177 g/mol. The van der Waals surface area contributed by atoms with Gasteiger partial charge < -0.3 is 5.32 Å². The third-order valence-corrected chi connectivity index (χ3v) is 1.60. The second kappa shape index (κ2) is 5.13.